The van der Waals surface area contributed by atoms with Crippen LogP contribution < -0.4 is 11.1 Å². The topological polar surface area (TPSA) is 105 Å². The molecule has 1 aromatic rings. The van der Waals surface area contributed by atoms with E-state index in [-0.39, 0.29) is 35.8 Å². The Kier molecular flexibility index (Phi) is 3.68. The molecule has 1 atom stereocenters. The summed E-state index contributed by atoms with van der Waals surface area (Å²) in [5, 5.41) is 3.40. The number of nitrogens with one attached hydrogen (secondary N) is 1. The van der Waals surface area contributed by atoms with E-state index >= 15 is 0 Å². The standard InChI is InChI=1S/C10H16N4O3S2/c1-6-5-19(16,17)4-3-14(6)9(15)7-8(11)13-10(12-2)18-7/h6H,3-5,11H2,1-2H3,(H,12,13). The van der Waals surface area contributed by atoms with E-state index in [1.807, 2.05) is 0 Å². The molecule has 0 saturated carbocycles. The van der Waals surface area contributed by atoms with Crippen LogP contribution in [-0.2, 0) is 9.84 Å². The molecule has 0 aliphatic carbocycles. The number of hydrogen-bond acceptors (Lipinski definition) is 7. The quantitative estimate of drug-likeness (QED) is 0.798. The summed E-state index contributed by atoms with van der Waals surface area (Å²) in [6.45, 7) is 1.93. The minimum atomic E-state index is -3.04. The van der Waals surface area contributed by atoms with Crippen molar-refractivity contribution in [2.45, 2.75) is 13.0 Å². The average Bonchev–Trinajstić information content (AvgIpc) is 2.68. The maximum absolute atomic E-state index is 12.4. The molecule has 0 spiro atoms. The molecule has 1 fully saturated rings. The van der Waals surface area contributed by atoms with Crippen molar-refractivity contribution in [2.75, 3.05) is 36.1 Å². The van der Waals surface area contributed by atoms with Gasteiger partial charge in [0.1, 0.15) is 10.7 Å². The van der Waals surface area contributed by atoms with Gasteiger partial charge < -0.3 is 16.0 Å². The van der Waals surface area contributed by atoms with E-state index in [0.717, 1.165) is 0 Å². The Labute approximate surface area is 115 Å². The van der Waals surface area contributed by atoms with Crippen LogP contribution in [0.4, 0.5) is 10.9 Å². The number of carbonyl (C=O) groups excluding carboxylic acids is 1. The van der Waals surface area contributed by atoms with Crippen LogP contribution in [0.25, 0.3) is 0 Å². The molecular weight excluding hydrogens is 288 g/mol. The second-order valence-corrected chi connectivity index (χ2v) is 7.67. The summed E-state index contributed by atoms with van der Waals surface area (Å²) in [5.41, 5.74) is 5.72. The van der Waals surface area contributed by atoms with Gasteiger partial charge in [-0.05, 0) is 6.92 Å². The van der Waals surface area contributed by atoms with Gasteiger partial charge in [-0.3, -0.25) is 4.79 Å². The Bertz CT molecular complexity index is 596. The van der Waals surface area contributed by atoms with Crippen LogP contribution >= 0.6 is 11.3 Å². The van der Waals surface area contributed by atoms with Crippen LogP contribution in [0.2, 0.25) is 0 Å². The van der Waals surface area contributed by atoms with Gasteiger partial charge in [0.2, 0.25) is 0 Å². The maximum atomic E-state index is 12.4. The lowest BCUT2D eigenvalue weighted by atomic mass is 10.3. The van der Waals surface area contributed by atoms with Crippen LogP contribution in [0.1, 0.15) is 16.6 Å². The zero-order valence-electron chi connectivity index (χ0n) is 10.7. The van der Waals surface area contributed by atoms with Gasteiger partial charge in [-0.25, -0.2) is 13.4 Å². The maximum Gasteiger partial charge on any atom is 0.268 e. The largest absolute Gasteiger partial charge is 0.382 e. The third-order valence-electron chi connectivity index (χ3n) is 2.99. The molecule has 1 aromatic heterocycles. The smallest absolute Gasteiger partial charge is 0.268 e. The Morgan fingerprint density at radius 2 is 2.26 bits per heavy atom. The van der Waals surface area contributed by atoms with E-state index in [1.165, 1.54) is 11.3 Å². The first-order valence-corrected chi connectivity index (χ1v) is 8.43. The molecule has 0 aromatic carbocycles. The molecule has 9 heteroatoms. The lowest BCUT2D eigenvalue weighted by Crippen LogP contribution is -2.49. The normalized spacial score (nSPS) is 22.2. The Morgan fingerprint density at radius 3 is 2.79 bits per heavy atom. The molecule has 0 bridgehead atoms. The summed E-state index contributed by atoms with van der Waals surface area (Å²) in [6.07, 6.45) is 0. The summed E-state index contributed by atoms with van der Waals surface area (Å²) in [6, 6.07) is -0.342. The van der Waals surface area contributed by atoms with Gasteiger partial charge in [0.15, 0.2) is 15.0 Å². The highest BCUT2D eigenvalue weighted by Crippen LogP contribution is 2.27. The number of thiazole rings is 1. The van der Waals surface area contributed by atoms with Crippen molar-refractivity contribution < 1.29 is 13.2 Å². The summed E-state index contributed by atoms with van der Waals surface area (Å²) >= 11 is 1.18. The van der Waals surface area contributed by atoms with Crippen molar-refractivity contribution in [3.05, 3.63) is 4.88 Å². The third kappa shape index (κ3) is 2.81. The minimum absolute atomic E-state index is 0.000668. The molecule has 1 aliphatic heterocycles. The minimum Gasteiger partial charge on any atom is -0.382 e. The van der Waals surface area contributed by atoms with Crippen molar-refractivity contribution in [3.8, 4) is 0 Å². The van der Waals surface area contributed by atoms with Gasteiger partial charge in [-0.2, -0.15) is 0 Å². The first-order valence-electron chi connectivity index (χ1n) is 5.79. The number of nitrogen functional groups attached to an aromatic ring is 1. The van der Waals surface area contributed by atoms with E-state index in [0.29, 0.717) is 10.0 Å². The number of amides is 1. The number of nitrogens with zero attached hydrogens (tertiary/aromatic N) is 2. The second-order valence-electron chi connectivity index (χ2n) is 4.45. The van der Waals surface area contributed by atoms with Crippen molar-refractivity contribution in [3.63, 3.8) is 0 Å². The molecule has 1 aliphatic rings. The zero-order chi connectivity index (χ0) is 14.2. The lowest BCUT2D eigenvalue weighted by molar-refractivity contribution is 0.0718. The predicted octanol–water partition coefficient (Wildman–Crippen LogP) is 0.0261. The van der Waals surface area contributed by atoms with Crippen LogP contribution in [0.15, 0.2) is 0 Å². The predicted molar refractivity (Wildman–Crippen MR) is 75.2 cm³/mol. The van der Waals surface area contributed by atoms with Crippen molar-refractivity contribution in [2.24, 2.45) is 0 Å². The number of nitrogens with two attached hydrogens (primary N) is 1. The van der Waals surface area contributed by atoms with Gasteiger partial charge in [-0.15, -0.1) is 0 Å². The molecule has 7 nitrogen and oxygen atoms in total. The molecule has 19 heavy (non-hydrogen) atoms. The molecule has 1 unspecified atom stereocenters. The molecule has 2 rings (SSSR count). The average molecular weight is 304 g/mol. The van der Waals surface area contributed by atoms with E-state index in [2.05, 4.69) is 10.3 Å². The van der Waals surface area contributed by atoms with Gasteiger partial charge in [-0.1, -0.05) is 11.3 Å². The Balaban J connectivity index is 2.22. The van der Waals surface area contributed by atoms with Gasteiger partial charge >= 0.3 is 0 Å². The molecule has 106 valence electrons. The number of hydrogen-bond donors (Lipinski definition) is 2. The summed E-state index contributed by atoms with van der Waals surface area (Å²) in [7, 11) is -1.34. The summed E-state index contributed by atoms with van der Waals surface area (Å²) < 4.78 is 23.0. The number of anilines is 2. The highest BCUT2D eigenvalue weighted by molar-refractivity contribution is 7.91. The van der Waals surface area contributed by atoms with Gasteiger partial charge in [0, 0.05) is 19.6 Å². The second kappa shape index (κ2) is 4.97. The Morgan fingerprint density at radius 1 is 1.58 bits per heavy atom. The SMILES string of the molecule is CNc1nc(N)c(C(=O)N2CCS(=O)(=O)CC2C)s1. The number of sulfone groups is 1. The third-order valence-corrected chi connectivity index (χ3v) is 5.86. The molecular formula is C10H16N4O3S2. The number of rotatable bonds is 2. The van der Waals surface area contributed by atoms with Crippen LogP contribution in [0.5, 0.6) is 0 Å². The van der Waals surface area contributed by atoms with Crippen LogP contribution in [-0.4, -0.2) is 55.3 Å². The van der Waals surface area contributed by atoms with Gasteiger partial charge in [0.05, 0.1) is 11.5 Å². The highest BCUT2D eigenvalue weighted by Gasteiger charge is 2.33. The fourth-order valence-electron chi connectivity index (χ4n) is 2.02. The molecule has 1 saturated heterocycles. The molecule has 0 radical (unpaired) electrons. The van der Waals surface area contributed by atoms with Crippen LogP contribution in [0.3, 0.4) is 0 Å². The zero-order valence-corrected chi connectivity index (χ0v) is 12.3. The van der Waals surface area contributed by atoms with E-state index in [1.54, 1.807) is 18.9 Å². The molecule has 2 heterocycles. The highest BCUT2D eigenvalue weighted by atomic mass is 32.2. The van der Waals surface area contributed by atoms with E-state index in [4.69, 9.17) is 5.73 Å². The van der Waals surface area contributed by atoms with E-state index < -0.39 is 9.84 Å². The van der Waals surface area contributed by atoms with Gasteiger partial charge in [0.25, 0.3) is 5.91 Å². The van der Waals surface area contributed by atoms with Crippen molar-refractivity contribution in [1.29, 1.82) is 0 Å². The Hall–Kier alpha value is -1.35. The monoisotopic (exact) mass is 304 g/mol. The fourth-order valence-corrected chi connectivity index (χ4v) is 4.37. The molecule has 1 amide bonds. The number of carbonyl (C=O) groups is 1. The van der Waals surface area contributed by atoms with Crippen molar-refractivity contribution in [1.82, 2.24) is 9.88 Å². The van der Waals surface area contributed by atoms with E-state index in [9.17, 15) is 13.2 Å². The first kappa shape index (κ1) is 14.1. The molecule has 3 N–H and O–H groups in total. The summed E-state index contributed by atoms with van der Waals surface area (Å²) in [5.74, 6) is -0.0735. The number of aromatic nitrogens is 1. The van der Waals surface area contributed by atoms with Crippen molar-refractivity contribution >= 4 is 38.0 Å². The lowest BCUT2D eigenvalue weighted by Gasteiger charge is -2.32. The first-order chi connectivity index (χ1) is 8.84. The summed E-state index contributed by atoms with van der Waals surface area (Å²) in [4.78, 5) is 18.3. The van der Waals surface area contributed by atoms with Crippen LogP contribution in [0, 0.1) is 0 Å². The fraction of sp³-hybridized carbons (Fsp3) is 0.600.